The number of carbonyl (C=O) groups is 1. The molecule has 0 radical (unpaired) electrons. The fourth-order valence-electron chi connectivity index (χ4n) is 6.22. The van der Waals surface area contributed by atoms with Gasteiger partial charge in [0.15, 0.2) is 5.65 Å². The van der Waals surface area contributed by atoms with E-state index in [4.69, 9.17) is 16.6 Å². The van der Waals surface area contributed by atoms with Crippen LogP contribution in [0, 0.1) is 27.7 Å². The van der Waals surface area contributed by atoms with E-state index in [1.54, 1.807) is 6.07 Å². The van der Waals surface area contributed by atoms with Crippen LogP contribution in [0.25, 0.3) is 33.2 Å². The Morgan fingerprint density at radius 1 is 0.778 bits per heavy atom. The van der Waals surface area contributed by atoms with Crippen LogP contribution in [0.2, 0.25) is 0 Å². The van der Waals surface area contributed by atoms with E-state index >= 15 is 0 Å². The minimum absolute atomic E-state index is 0.159. The first-order valence-corrected chi connectivity index (χ1v) is 18.0. The third-order valence-corrected chi connectivity index (χ3v) is 9.84. The number of nitrogens with zero attached hydrogens (tertiary/aromatic N) is 7. The maximum Gasteiger partial charge on any atom is 0.270 e. The average molecular weight is 723 g/mol. The monoisotopic (exact) mass is 722 g/mol. The molecule has 3 aromatic carbocycles. The Kier molecular flexibility index (Phi) is 11.8. The summed E-state index contributed by atoms with van der Waals surface area (Å²) in [6.07, 6.45) is 5.86. The summed E-state index contributed by atoms with van der Waals surface area (Å²) < 4.78 is 1.94. The van der Waals surface area contributed by atoms with Crippen LogP contribution in [0.15, 0.2) is 97.6 Å². The fraction of sp³-hybridized carbons (Fsp3) is 0.262. The van der Waals surface area contributed by atoms with Gasteiger partial charge in [0.1, 0.15) is 35.7 Å². The van der Waals surface area contributed by atoms with E-state index in [2.05, 4.69) is 68.3 Å². The lowest BCUT2D eigenvalue weighted by Crippen LogP contribution is -2.23. The molecular weight excluding hydrogens is 677 g/mol. The van der Waals surface area contributed by atoms with Crippen LogP contribution in [0.4, 0.5) is 11.6 Å². The Hall–Kier alpha value is -6.27. The highest BCUT2D eigenvalue weighted by Gasteiger charge is 2.26. The number of anilines is 2. The molecule has 12 heteroatoms. The molecule has 0 saturated heterocycles. The Labute approximate surface area is 314 Å². The highest BCUT2D eigenvalue weighted by Crippen LogP contribution is 2.36. The van der Waals surface area contributed by atoms with Crippen LogP contribution in [0.3, 0.4) is 0 Å². The van der Waals surface area contributed by atoms with Gasteiger partial charge in [-0.05, 0) is 82.2 Å². The molecular formula is C42H46N10O2. The number of nitrogen functional groups attached to an aromatic ring is 2. The third kappa shape index (κ3) is 8.84. The molecule has 1 fully saturated rings. The fourth-order valence-corrected chi connectivity index (χ4v) is 6.22. The van der Waals surface area contributed by atoms with Crippen LogP contribution < -0.4 is 16.8 Å². The maximum absolute atomic E-state index is 12.7. The zero-order valence-electron chi connectivity index (χ0n) is 31.1. The Bertz CT molecular complexity index is 2330. The Morgan fingerprint density at radius 2 is 1.43 bits per heavy atom. The molecule has 8 rings (SSSR count). The van der Waals surface area contributed by atoms with Gasteiger partial charge in [0.25, 0.3) is 5.91 Å². The number of amides is 1. The molecule has 1 amide bonds. The van der Waals surface area contributed by atoms with Crippen LogP contribution in [0.1, 0.15) is 70.2 Å². The zero-order valence-corrected chi connectivity index (χ0v) is 31.1. The molecule has 0 bridgehead atoms. The number of carbonyl (C=O) groups excluding carboxylic acids is 1. The van der Waals surface area contributed by atoms with Gasteiger partial charge in [-0.15, -0.1) is 0 Å². The van der Waals surface area contributed by atoms with Crippen molar-refractivity contribution in [3.8, 4) is 11.3 Å². The van der Waals surface area contributed by atoms with Gasteiger partial charge in [-0.25, -0.2) is 29.6 Å². The number of hydrogen-bond donors (Lipinski definition) is 4. The summed E-state index contributed by atoms with van der Waals surface area (Å²) in [5.41, 5.74) is 20.9. The molecule has 4 aromatic heterocycles. The molecule has 0 spiro atoms. The number of nitrogens with one attached hydrogen (secondary N) is 1. The predicted octanol–water partition coefficient (Wildman–Crippen LogP) is 7.01. The van der Waals surface area contributed by atoms with Crippen molar-refractivity contribution in [1.82, 2.24) is 40.0 Å². The topological polar surface area (TPSA) is 184 Å². The van der Waals surface area contributed by atoms with Crippen molar-refractivity contribution in [2.75, 3.05) is 11.5 Å². The first-order chi connectivity index (χ1) is 26.1. The van der Waals surface area contributed by atoms with Gasteiger partial charge >= 0.3 is 0 Å². The number of aromatic nitrogens is 7. The molecule has 1 saturated carbocycles. The van der Waals surface area contributed by atoms with Crippen LogP contribution >= 0.6 is 0 Å². The van der Waals surface area contributed by atoms with Crippen molar-refractivity contribution < 1.29 is 9.90 Å². The number of pyridine rings is 1. The lowest BCUT2D eigenvalue weighted by atomic mass is 9.93. The molecule has 7 aromatic rings. The predicted molar refractivity (Wildman–Crippen MR) is 213 cm³/mol. The van der Waals surface area contributed by atoms with Crippen LogP contribution in [-0.2, 0) is 6.54 Å². The van der Waals surface area contributed by atoms with Gasteiger partial charge in [0, 0.05) is 28.8 Å². The standard InChI is InChI=1S/C28H27N7O2.C8H10.C6H9N3/c29-26-24-25(34-35(27(24)32-16-31-26)20-10-12-21(36)13-11-20)19-7-5-17(6-8-19)15-30-28(37)23-14-9-18-3-1-2-4-22(18)33-23;1-7-5-3-4-6-8(7)2;1-4-5(2)8-3-9-6(4)7/h1-9,14,16,20-21,36H,10-13,15H2,(H,30,37)(H2,29,31,32);3-6H,1-2H3;3H,1-2H3,(H2,7,8,9). The molecule has 12 nitrogen and oxygen atoms in total. The number of benzene rings is 3. The zero-order chi connectivity index (χ0) is 38.2. The lowest BCUT2D eigenvalue weighted by Gasteiger charge is -2.25. The van der Waals surface area contributed by atoms with Crippen molar-refractivity contribution in [1.29, 1.82) is 0 Å². The van der Waals surface area contributed by atoms with Gasteiger partial charge in [-0.1, -0.05) is 72.8 Å². The summed E-state index contributed by atoms with van der Waals surface area (Å²) in [6, 6.07) is 27.7. The molecule has 0 unspecified atom stereocenters. The maximum atomic E-state index is 12.7. The molecule has 276 valence electrons. The molecule has 0 aliphatic heterocycles. The number of hydrogen-bond acceptors (Lipinski definition) is 10. The first-order valence-electron chi connectivity index (χ1n) is 18.0. The summed E-state index contributed by atoms with van der Waals surface area (Å²) >= 11 is 0. The first kappa shape index (κ1) is 37.5. The van der Waals surface area contributed by atoms with E-state index < -0.39 is 0 Å². The number of aryl methyl sites for hydroxylation is 3. The van der Waals surface area contributed by atoms with Crippen molar-refractivity contribution in [2.45, 2.75) is 72.1 Å². The average Bonchev–Trinajstić information content (AvgIpc) is 3.59. The number of aliphatic hydroxyl groups excluding tert-OH is 1. The van der Waals surface area contributed by atoms with Crippen LogP contribution in [0.5, 0.6) is 0 Å². The number of fused-ring (bicyclic) bond motifs is 2. The van der Waals surface area contributed by atoms with E-state index in [0.29, 0.717) is 29.5 Å². The summed E-state index contributed by atoms with van der Waals surface area (Å²) in [6.45, 7) is 8.43. The molecule has 4 heterocycles. The van der Waals surface area contributed by atoms with Crippen LogP contribution in [-0.4, -0.2) is 51.8 Å². The minimum Gasteiger partial charge on any atom is -0.393 e. The van der Waals surface area contributed by atoms with E-state index in [0.717, 1.165) is 70.1 Å². The SMILES string of the molecule is Cc1ccccc1C.Cc1ncnc(N)c1C.Nc1ncnc2c1c(-c1ccc(CNC(=O)c3ccc4ccccc4n3)cc1)nn2C1CCC(O)CC1. The highest BCUT2D eigenvalue weighted by molar-refractivity contribution is 5.98. The Balaban J connectivity index is 0.000000240. The van der Waals surface area contributed by atoms with Crippen molar-refractivity contribution >= 4 is 39.5 Å². The molecule has 1 aliphatic rings. The second-order valence-corrected chi connectivity index (χ2v) is 13.5. The second kappa shape index (κ2) is 17.0. The lowest BCUT2D eigenvalue weighted by molar-refractivity contribution is 0.0946. The molecule has 1 aliphatic carbocycles. The smallest absolute Gasteiger partial charge is 0.270 e. The van der Waals surface area contributed by atoms with Gasteiger partial charge in [0.05, 0.1) is 23.0 Å². The molecule has 54 heavy (non-hydrogen) atoms. The summed E-state index contributed by atoms with van der Waals surface area (Å²) in [5.74, 6) is 0.742. The van der Waals surface area contributed by atoms with E-state index in [-0.39, 0.29) is 18.1 Å². The summed E-state index contributed by atoms with van der Waals surface area (Å²) in [5, 5.41) is 19.5. The third-order valence-electron chi connectivity index (χ3n) is 9.84. The Morgan fingerprint density at radius 3 is 2.09 bits per heavy atom. The number of rotatable bonds is 5. The van der Waals surface area contributed by atoms with Crippen molar-refractivity contribution in [3.63, 3.8) is 0 Å². The summed E-state index contributed by atoms with van der Waals surface area (Å²) in [7, 11) is 0. The largest absolute Gasteiger partial charge is 0.393 e. The second-order valence-electron chi connectivity index (χ2n) is 13.5. The molecule has 0 atom stereocenters. The summed E-state index contributed by atoms with van der Waals surface area (Å²) in [4.78, 5) is 33.6. The van der Waals surface area contributed by atoms with Gasteiger partial charge < -0.3 is 21.9 Å². The van der Waals surface area contributed by atoms with E-state index in [1.165, 1.54) is 23.8 Å². The van der Waals surface area contributed by atoms with E-state index in [9.17, 15) is 9.90 Å². The quantitative estimate of drug-likeness (QED) is 0.144. The van der Waals surface area contributed by atoms with Gasteiger partial charge in [0.2, 0.25) is 0 Å². The minimum atomic E-state index is -0.248. The van der Waals surface area contributed by atoms with Gasteiger partial charge in [-0.2, -0.15) is 5.10 Å². The molecule has 6 N–H and O–H groups in total. The normalized spacial score (nSPS) is 15.1. The van der Waals surface area contributed by atoms with E-state index in [1.807, 2.05) is 73.1 Å². The number of aliphatic hydroxyl groups is 1. The number of para-hydroxylation sites is 1. The highest BCUT2D eigenvalue weighted by atomic mass is 16.3. The van der Waals surface area contributed by atoms with Gasteiger partial charge in [-0.3, -0.25) is 4.79 Å². The number of nitrogens with two attached hydrogens (primary N) is 2. The van der Waals surface area contributed by atoms with Crippen molar-refractivity contribution in [3.05, 3.63) is 131 Å². The van der Waals surface area contributed by atoms with Crippen molar-refractivity contribution in [2.24, 2.45) is 0 Å².